The van der Waals surface area contributed by atoms with E-state index in [1.54, 1.807) is 13.0 Å². The lowest BCUT2D eigenvalue weighted by Gasteiger charge is -2.22. The zero-order valence-corrected chi connectivity index (χ0v) is 17.9. The number of aliphatic hydroxyl groups is 1. The molecule has 8 nitrogen and oxygen atoms in total. The SMILES string of the molecule is Cc1ccc(S(=O)(=O)N2CC(O)C[C@H]2C(=O)OCC(=O)Nc2ccc(F)cc2)cc1C. The standard InChI is InChI=1S/C21H23FN2O6S/c1-13-3-8-18(9-14(13)2)31(28,29)24-11-17(25)10-19(24)21(27)30-12-20(26)23-16-6-4-15(22)5-7-16/h3-9,17,19,25H,10-12H2,1-2H3,(H,23,26)/t17?,19-/m0/s1. The Bertz CT molecular complexity index is 1090. The van der Waals surface area contributed by atoms with Gasteiger partial charge < -0.3 is 15.2 Å². The lowest BCUT2D eigenvalue weighted by molar-refractivity contribution is -0.150. The van der Waals surface area contributed by atoms with Crippen molar-refractivity contribution in [3.63, 3.8) is 0 Å². The highest BCUT2D eigenvalue weighted by atomic mass is 32.2. The van der Waals surface area contributed by atoms with Crippen molar-refractivity contribution in [1.82, 2.24) is 4.31 Å². The van der Waals surface area contributed by atoms with Crippen LogP contribution in [0.4, 0.5) is 10.1 Å². The Morgan fingerprint density at radius 1 is 1.16 bits per heavy atom. The van der Waals surface area contributed by atoms with Gasteiger partial charge in [-0.05, 0) is 61.4 Å². The number of halogens is 1. The summed E-state index contributed by atoms with van der Waals surface area (Å²) in [7, 11) is -4.06. The fraction of sp³-hybridized carbons (Fsp3) is 0.333. The lowest BCUT2D eigenvalue weighted by atomic mass is 10.1. The molecule has 1 aliphatic heterocycles. The number of sulfonamides is 1. The van der Waals surface area contributed by atoms with Gasteiger partial charge in [0, 0.05) is 18.7 Å². The number of aliphatic hydroxyl groups excluding tert-OH is 1. The van der Waals surface area contributed by atoms with Gasteiger partial charge in [-0.15, -0.1) is 0 Å². The van der Waals surface area contributed by atoms with Crippen LogP contribution in [-0.4, -0.2) is 55.0 Å². The summed E-state index contributed by atoms with van der Waals surface area (Å²) < 4.78 is 44.9. The molecule has 2 aromatic rings. The first-order valence-corrected chi connectivity index (χ1v) is 11.0. The molecule has 1 fully saturated rings. The normalized spacial score (nSPS) is 19.2. The highest BCUT2D eigenvalue weighted by molar-refractivity contribution is 7.89. The molecular formula is C21H23FN2O6S. The van der Waals surface area contributed by atoms with E-state index in [1.165, 1.54) is 24.3 Å². The molecule has 1 amide bonds. The third-order valence-electron chi connectivity index (χ3n) is 5.06. The Labute approximate surface area is 179 Å². The molecule has 1 aliphatic rings. The van der Waals surface area contributed by atoms with E-state index in [0.29, 0.717) is 5.69 Å². The summed E-state index contributed by atoms with van der Waals surface area (Å²) in [6.07, 6.45) is -1.17. The van der Waals surface area contributed by atoms with E-state index in [0.717, 1.165) is 27.6 Å². The molecule has 0 spiro atoms. The molecule has 10 heteroatoms. The molecule has 3 rings (SSSR count). The third kappa shape index (κ3) is 5.27. The highest BCUT2D eigenvalue weighted by Gasteiger charge is 2.44. The molecule has 0 saturated carbocycles. The first kappa shape index (κ1) is 22.9. The molecule has 0 bridgehead atoms. The van der Waals surface area contributed by atoms with Crippen LogP contribution < -0.4 is 5.32 Å². The van der Waals surface area contributed by atoms with Crippen LogP contribution in [0.25, 0.3) is 0 Å². The molecule has 0 aliphatic carbocycles. The number of hydrogen-bond acceptors (Lipinski definition) is 6. The number of rotatable bonds is 6. The maximum Gasteiger partial charge on any atom is 0.325 e. The van der Waals surface area contributed by atoms with Crippen LogP contribution in [0.5, 0.6) is 0 Å². The summed E-state index contributed by atoms with van der Waals surface area (Å²) in [5, 5.41) is 12.4. The van der Waals surface area contributed by atoms with Gasteiger partial charge in [0.15, 0.2) is 6.61 Å². The van der Waals surface area contributed by atoms with E-state index in [2.05, 4.69) is 5.32 Å². The van der Waals surface area contributed by atoms with Gasteiger partial charge in [-0.2, -0.15) is 4.31 Å². The minimum Gasteiger partial charge on any atom is -0.454 e. The second-order valence-corrected chi connectivity index (χ2v) is 9.28. The monoisotopic (exact) mass is 450 g/mol. The number of esters is 1. The number of hydrogen-bond donors (Lipinski definition) is 2. The number of nitrogens with zero attached hydrogens (tertiary/aromatic N) is 1. The Hall–Kier alpha value is -2.82. The third-order valence-corrected chi connectivity index (χ3v) is 6.93. The van der Waals surface area contributed by atoms with Gasteiger partial charge in [0.2, 0.25) is 10.0 Å². The van der Waals surface area contributed by atoms with Crippen molar-refractivity contribution in [2.75, 3.05) is 18.5 Å². The quantitative estimate of drug-likeness (QED) is 0.649. The van der Waals surface area contributed by atoms with Crippen LogP contribution >= 0.6 is 0 Å². The van der Waals surface area contributed by atoms with Gasteiger partial charge in [-0.1, -0.05) is 6.07 Å². The topological polar surface area (TPSA) is 113 Å². The number of aryl methyl sites for hydroxylation is 2. The maximum absolute atomic E-state index is 13.1. The van der Waals surface area contributed by atoms with Crippen molar-refractivity contribution >= 4 is 27.6 Å². The van der Waals surface area contributed by atoms with Crippen LogP contribution in [0.15, 0.2) is 47.4 Å². The smallest absolute Gasteiger partial charge is 0.325 e. The van der Waals surface area contributed by atoms with Gasteiger partial charge in [0.05, 0.1) is 11.0 Å². The molecular weight excluding hydrogens is 427 g/mol. The summed E-state index contributed by atoms with van der Waals surface area (Å²) in [5.41, 5.74) is 2.01. The predicted octanol–water partition coefficient (Wildman–Crippen LogP) is 1.75. The van der Waals surface area contributed by atoms with Crippen molar-refractivity contribution in [2.24, 2.45) is 0 Å². The van der Waals surface area contributed by atoms with Crippen molar-refractivity contribution < 1.29 is 32.2 Å². The fourth-order valence-electron chi connectivity index (χ4n) is 3.24. The Balaban J connectivity index is 1.68. The molecule has 166 valence electrons. The first-order valence-electron chi connectivity index (χ1n) is 9.57. The van der Waals surface area contributed by atoms with Gasteiger partial charge in [-0.3, -0.25) is 9.59 Å². The minimum atomic E-state index is -4.06. The minimum absolute atomic E-state index is 0.0107. The Kier molecular flexibility index (Phi) is 6.73. The van der Waals surface area contributed by atoms with Crippen LogP contribution in [0.3, 0.4) is 0 Å². The second-order valence-electron chi connectivity index (χ2n) is 7.39. The van der Waals surface area contributed by atoms with Gasteiger partial charge >= 0.3 is 5.97 Å². The van der Waals surface area contributed by atoms with Crippen molar-refractivity contribution in [1.29, 1.82) is 0 Å². The van der Waals surface area contributed by atoms with Crippen LogP contribution in [-0.2, 0) is 24.3 Å². The largest absolute Gasteiger partial charge is 0.454 e. The maximum atomic E-state index is 13.1. The zero-order chi connectivity index (χ0) is 22.8. The van der Waals surface area contributed by atoms with Crippen LogP contribution in [0.1, 0.15) is 17.5 Å². The Morgan fingerprint density at radius 3 is 2.48 bits per heavy atom. The lowest BCUT2D eigenvalue weighted by Crippen LogP contribution is -2.42. The molecule has 1 unspecified atom stereocenters. The fourth-order valence-corrected chi connectivity index (χ4v) is 4.95. The number of ether oxygens (including phenoxy) is 1. The number of carbonyl (C=O) groups is 2. The number of β-amino-alcohol motifs (C(OH)–C–C–N with tert-alkyl or cyclic N) is 1. The molecule has 2 aromatic carbocycles. The molecule has 2 atom stereocenters. The van der Waals surface area contributed by atoms with E-state index < -0.39 is 46.5 Å². The first-order chi connectivity index (χ1) is 14.6. The zero-order valence-electron chi connectivity index (χ0n) is 17.0. The summed E-state index contributed by atoms with van der Waals surface area (Å²) >= 11 is 0. The number of nitrogens with one attached hydrogen (secondary N) is 1. The van der Waals surface area contributed by atoms with Crippen molar-refractivity contribution in [3.8, 4) is 0 Å². The average Bonchev–Trinajstić information content (AvgIpc) is 3.12. The molecule has 1 heterocycles. The van der Waals surface area contributed by atoms with E-state index in [-0.39, 0.29) is 17.9 Å². The number of carbonyl (C=O) groups excluding carboxylic acids is 2. The molecule has 2 N–H and O–H groups in total. The van der Waals surface area contributed by atoms with E-state index in [1.807, 2.05) is 6.92 Å². The van der Waals surface area contributed by atoms with Gasteiger partial charge in [0.25, 0.3) is 5.91 Å². The molecule has 31 heavy (non-hydrogen) atoms. The van der Waals surface area contributed by atoms with E-state index in [9.17, 15) is 27.5 Å². The summed E-state index contributed by atoms with van der Waals surface area (Å²) in [5.74, 6) is -2.06. The number of anilines is 1. The van der Waals surface area contributed by atoms with Gasteiger partial charge in [0.1, 0.15) is 11.9 Å². The summed E-state index contributed by atoms with van der Waals surface area (Å²) in [6.45, 7) is 2.72. The second kappa shape index (κ2) is 9.13. The molecule has 1 saturated heterocycles. The van der Waals surface area contributed by atoms with E-state index in [4.69, 9.17) is 4.74 Å². The molecule has 0 radical (unpaired) electrons. The molecule has 0 aromatic heterocycles. The van der Waals surface area contributed by atoms with Crippen LogP contribution in [0.2, 0.25) is 0 Å². The summed E-state index contributed by atoms with van der Waals surface area (Å²) in [6, 6.07) is 8.39. The van der Waals surface area contributed by atoms with Crippen LogP contribution in [0, 0.1) is 19.7 Å². The average molecular weight is 450 g/mol. The predicted molar refractivity (Wildman–Crippen MR) is 110 cm³/mol. The van der Waals surface area contributed by atoms with Crippen molar-refractivity contribution in [2.45, 2.75) is 37.3 Å². The number of amides is 1. The Morgan fingerprint density at radius 2 is 1.84 bits per heavy atom. The van der Waals surface area contributed by atoms with E-state index >= 15 is 0 Å². The van der Waals surface area contributed by atoms with Crippen molar-refractivity contribution in [3.05, 3.63) is 59.4 Å². The highest BCUT2D eigenvalue weighted by Crippen LogP contribution is 2.28. The summed E-state index contributed by atoms with van der Waals surface area (Å²) in [4.78, 5) is 24.5. The number of benzene rings is 2. The van der Waals surface area contributed by atoms with Gasteiger partial charge in [-0.25, -0.2) is 12.8 Å².